The Morgan fingerprint density at radius 3 is 2.52 bits per heavy atom. The number of halogens is 1. The summed E-state index contributed by atoms with van der Waals surface area (Å²) >= 11 is 0. The number of rotatable bonds is 5. The molecule has 2 rings (SSSR count). The molecule has 1 aromatic carbocycles. The van der Waals surface area contributed by atoms with E-state index in [4.69, 9.17) is 0 Å². The van der Waals surface area contributed by atoms with Crippen LogP contribution in [0.3, 0.4) is 0 Å². The first-order valence-corrected chi connectivity index (χ1v) is 9.57. The molecule has 0 bridgehead atoms. The second-order valence-electron chi connectivity index (χ2n) is 5.84. The zero-order valence-corrected chi connectivity index (χ0v) is 14.8. The molecule has 0 saturated carbocycles. The van der Waals surface area contributed by atoms with Gasteiger partial charge in [0.05, 0.1) is 4.90 Å². The van der Waals surface area contributed by atoms with E-state index in [0.717, 1.165) is 25.0 Å². The molecule has 0 radical (unpaired) electrons. The Morgan fingerprint density at radius 1 is 1.20 bits per heavy atom. The second-order valence-corrected chi connectivity index (χ2v) is 7.73. The van der Waals surface area contributed by atoms with Gasteiger partial charge >= 0.3 is 11.8 Å². The maximum atomic E-state index is 13.0. The zero-order valence-electron chi connectivity index (χ0n) is 14.0. The SMILES string of the molecule is CNC(=O)C(=O)NCCC1CCCCN1S(=O)(=O)c1ccc(F)cc1. The van der Waals surface area contributed by atoms with Crippen LogP contribution in [-0.4, -0.2) is 50.7 Å². The van der Waals surface area contributed by atoms with E-state index in [1.54, 1.807) is 0 Å². The van der Waals surface area contributed by atoms with Gasteiger partial charge in [0.1, 0.15) is 5.82 Å². The van der Waals surface area contributed by atoms with Gasteiger partial charge in [-0.1, -0.05) is 6.42 Å². The largest absolute Gasteiger partial charge is 0.351 e. The minimum atomic E-state index is -3.72. The first kappa shape index (κ1) is 19.3. The van der Waals surface area contributed by atoms with Crippen molar-refractivity contribution in [3.05, 3.63) is 30.1 Å². The molecular formula is C16H22FN3O4S. The van der Waals surface area contributed by atoms with Crippen molar-refractivity contribution in [3.63, 3.8) is 0 Å². The van der Waals surface area contributed by atoms with Crippen LogP contribution in [0.2, 0.25) is 0 Å². The fourth-order valence-corrected chi connectivity index (χ4v) is 4.59. The van der Waals surface area contributed by atoms with E-state index in [2.05, 4.69) is 10.6 Å². The molecule has 1 unspecified atom stereocenters. The number of hydrogen-bond acceptors (Lipinski definition) is 4. The highest BCUT2D eigenvalue weighted by atomic mass is 32.2. The minimum absolute atomic E-state index is 0.0511. The second kappa shape index (κ2) is 8.39. The predicted molar refractivity (Wildman–Crippen MR) is 89.6 cm³/mol. The van der Waals surface area contributed by atoms with Gasteiger partial charge < -0.3 is 10.6 Å². The molecule has 7 nitrogen and oxygen atoms in total. The summed E-state index contributed by atoms with van der Waals surface area (Å²) in [5.41, 5.74) is 0. The van der Waals surface area contributed by atoms with Gasteiger partial charge in [0.15, 0.2) is 0 Å². The summed E-state index contributed by atoms with van der Waals surface area (Å²) in [5, 5.41) is 4.70. The normalized spacial score (nSPS) is 18.6. The lowest BCUT2D eigenvalue weighted by Gasteiger charge is -2.34. The maximum absolute atomic E-state index is 13.0. The summed E-state index contributed by atoms with van der Waals surface area (Å²) in [5.74, 6) is -1.98. The van der Waals surface area contributed by atoms with Crippen LogP contribution >= 0.6 is 0 Å². The van der Waals surface area contributed by atoms with Crippen LogP contribution in [0.25, 0.3) is 0 Å². The third kappa shape index (κ3) is 4.76. The van der Waals surface area contributed by atoms with E-state index >= 15 is 0 Å². The lowest BCUT2D eigenvalue weighted by Crippen LogP contribution is -2.46. The third-order valence-electron chi connectivity index (χ3n) is 4.19. The first-order valence-electron chi connectivity index (χ1n) is 8.13. The van der Waals surface area contributed by atoms with Gasteiger partial charge in [-0.05, 0) is 43.5 Å². The van der Waals surface area contributed by atoms with Gasteiger partial charge in [-0.2, -0.15) is 4.31 Å². The van der Waals surface area contributed by atoms with E-state index in [-0.39, 0.29) is 17.5 Å². The van der Waals surface area contributed by atoms with E-state index in [1.165, 1.54) is 23.5 Å². The Morgan fingerprint density at radius 2 is 1.88 bits per heavy atom. The highest BCUT2D eigenvalue weighted by Gasteiger charge is 2.33. The van der Waals surface area contributed by atoms with Gasteiger partial charge in [0, 0.05) is 26.2 Å². The number of sulfonamides is 1. The van der Waals surface area contributed by atoms with Crippen molar-refractivity contribution >= 4 is 21.8 Å². The average Bonchev–Trinajstić information content (AvgIpc) is 2.61. The van der Waals surface area contributed by atoms with E-state index < -0.39 is 27.7 Å². The Hall–Kier alpha value is -2.00. The number of carbonyl (C=O) groups excluding carboxylic acids is 2. The molecule has 1 aliphatic heterocycles. The molecule has 1 atom stereocenters. The summed E-state index contributed by atoms with van der Waals surface area (Å²) in [6, 6.07) is 4.48. The number of carbonyl (C=O) groups is 2. The van der Waals surface area contributed by atoms with Crippen LogP contribution in [-0.2, 0) is 19.6 Å². The number of benzene rings is 1. The highest BCUT2D eigenvalue weighted by molar-refractivity contribution is 7.89. The molecule has 1 aliphatic rings. The zero-order chi connectivity index (χ0) is 18.4. The molecule has 0 aliphatic carbocycles. The van der Waals surface area contributed by atoms with E-state index in [0.29, 0.717) is 19.4 Å². The van der Waals surface area contributed by atoms with Crippen LogP contribution in [0.15, 0.2) is 29.2 Å². The van der Waals surface area contributed by atoms with Crippen LogP contribution in [0, 0.1) is 5.82 Å². The van der Waals surface area contributed by atoms with E-state index in [9.17, 15) is 22.4 Å². The van der Waals surface area contributed by atoms with Crippen molar-refractivity contribution in [2.24, 2.45) is 0 Å². The Balaban J connectivity index is 2.05. The number of amides is 2. The molecule has 9 heteroatoms. The average molecular weight is 371 g/mol. The van der Waals surface area contributed by atoms with Crippen molar-refractivity contribution < 1.29 is 22.4 Å². The number of piperidine rings is 1. The lowest BCUT2D eigenvalue weighted by atomic mass is 10.0. The van der Waals surface area contributed by atoms with E-state index in [1.807, 2.05) is 0 Å². The number of hydrogen-bond donors (Lipinski definition) is 2. The van der Waals surface area contributed by atoms with Gasteiger partial charge in [-0.25, -0.2) is 12.8 Å². The van der Waals surface area contributed by atoms with Crippen molar-refractivity contribution in [3.8, 4) is 0 Å². The molecule has 0 aromatic heterocycles. The van der Waals surface area contributed by atoms with Crippen LogP contribution < -0.4 is 10.6 Å². The molecule has 1 fully saturated rings. The van der Waals surface area contributed by atoms with Crippen LogP contribution in [0.4, 0.5) is 4.39 Å². The van der Waals surface area contributed by atoms with Crippen molar-refractivity contribution in [2.45, 2.75) is 36.6 Å². The Bertz CT molecular complexity index is 721. The fourth-order valence-electron chi connectivity index (χ4n) is 2.87. The van der Waals surface area contributed by atoms with Crippen molar-refractivity contribution in [2.75, 3.05) is 20.1 Å². The summed E-state index contributed by atoms with van der Waals surface area (Å²) in [4.78, 5) is 22.7. The molecule has 138 valence electrons. The quantitative estimate of drug-likeness (QED) is 0.742. The predicted octanol–water partition coefficient (Wildman–Crippen LogP) is 0.621. The number of likely N-dealkylation sites (N-methyl/N-ethyl adjacent to an activating group) is 1. The molecular weight excluding hydrogens is 349 g/mol. The Labute approximate surface area is 146 Å². The molecule has 0 spiro atoms. The topological polar surface area (TPSA) is 95.6 Å². The first-order chi connectivity index (χ1) is 11.9. The fraction of sp³-hybridized carbons (Fsp3) is 0.500. The molecule has 25 heavy (non-hydrogen) atoms. The smallest absolute Gasteiger partial charge is 0.309 e. The van der Waals surface area contributed by atoms with Crippen molar-refractivity contribution in [1.29, 1.82) is 0 Å². The van der Waals surface area contributed by atoms with Gasteiger partial charge in [0.25, 0.3) is 0 Å². The summed E-state index contributed by atoms with van der Waals surface area (Å²) in [6.07, 6.45) is 2.73. The summed E-state index contributed by atoms with van der Waals surface area (Å²) in [6.45, 7) is 0.583. The molecule has 2 amide bonds. The molecule has 1 heterocycles. The number of nitrogens with zero attached hydrogens (tertiary/aromatic N) is 1. The molecule has 2 N–H and O–H groups in total. The van der Waals surface area contributed by atoms with Gasteiger partial charge in [-0.15, -0.1) is 0 Å². The lowest BCUT2D eigenvalue weighted by molar-refractivity contribution is -0.138. The molecule has 1 saturated heterocycles. The monoisotopic (exact) mass is 371 g/mol. The standard InChI is InChI=1S/C16H22FN3O4S/c1-18-15(21)16(22)19-10-9-13-4-2-3-11-20(13)25(23,24)14-7-5-12(17)6-8-14/h5-8,13H,2-4,9-11H2,1H3,(H,18,21)(H,19,22). The highest BCUT2D eigenvalue weighted by Crippen LogP contribution is 2.27. The minimum Gasteiger partial charge on any atom is -0.351 e. The van der Waals surface area contributed by atoms with Gasteiger partial charge in [-0.3, -0.25) is 9.59 Å². The van der Waals surface area contributed by atoms with Crippen LogP contribution in [0.5, 0.6) is 0 Å². The molecule has 1 aromatic rings. The van der Waals surface area contributed by atoms with Crippen LogP contribution in [0.1, 0.15) is 25.7 Å². The summed E-state index contributed by atoms with van der Waals surface area (Å²) in [7, 11) is -2.36. The van der Waals surface area contributed by atoms with Gasteiger partial charge in [0.2, 0.25) is 10.0 Å². The Kier molecular flexibility index (Phi) is 6.49. The maximum Gasteiger partial charge on any atom is 0.309 e. The third-order valence-corrected chi connectivity index (χ3v) is 6.16. The number of nitrogens with one attached hydrogen (secondary N) is 2. The van der Waals surface area contributed by atoms with Crippen molar-refractivity contribution in [1.82, 2.24) is 14.9 Å². The summed E-state index contributed by atoms with van der Waals surface area (Å²) < 4.78 is 40.1.